The lowest BCUT2D eigenvalue weighted by atomic mass is 10.1. The van der Waals surface area contributed by atoms with Crippen LogP contribution in [0.5, 0.6) is 5.75 Å². The maximum Gasteiger partial charge on any atom is 0.258 e. The van der Waals surface area contributed by atoms with Crippen LogP contribution in [0.3, 0.4) is 0 Å². The molecule has 9 heteroatoms. The number of hydrogen-bond acceptors (Lipinski definition) is 5. The Kier molecular flexibility index (Phi) is 6.69. The summed E-state index contributed by atoms with van der Waals surface area (Å²) in [6.07, 6.45) is 1.69. The fourth-order valence-electron chi connectivity index (χ4n) is 2.98. The molecule has 0 aliphatic heterocycles. The molecule has 2 N–H and O–H groups in total. The molecule has 7 nitrogen and oxygen atoms in total. The van der Waals surface area contributed by atoms with Crippen molar-refractivity contribution in [1.29, 1.82) is 0 Å². The standard InChI is InChI=1S/C22H19BrClN5O2/c23-17-13-27-29-20(12-19(28-22(17)29)16-8-4-5-9-18(16)24)25-10-11-26-21(30)14-31-15-6-2-1-3-7-15/h1-9,12-13,25H,10-11,14H2,(H,26,30). The van der Waals surface area contributed by atoms with Gasteiger partial charge < -0.3 is 15.4 Å². The smallest absolute Gasteiger partial charge is 0.258 e. The van der Waals surface area contributed by atoms with Crippen LogP contribution in [0.4, 0.5) is 5.82 Å². The lowest BCUT2D eigenvalue weighted by molar-refractivity contribution is -0.123. The number of rotatable bonds is 8. The predicted octanol–water partition coefficient (Wildman–Crippen LogP) is 4.42. The van der Waals surface area contributed by atoms with Gasteiger partial charge in [-0.25, -0.2) is 4.98 Å². The highest BCUT2D eigenvalue weighted by molar-refractivity contribution is 9.10. The first kappa shape index (κ1) is 21.1. The number of carbonyl (C=O) groups is 1. The SMILES string of the molecule is O=C(COc1ccccc1)NCCNc1cc(-c2ccccc2Cl)nc2c(Br)cnn12. The van der Waals surface area contributed by atoms with E-state index in [1.807, 2.05) is 60.7 Å². The van der Waals surface area contributed by atoms with Crippen LogP contribution >= 0.6 is 27.5 Å². The molecule has 0 unspecified atom stereocenters. The fraction of sp³-hybridized carbons (Fsp3) is 0.136. The Morgan fingerprint density at radius 1 is 1.10 bits per heavy atom. The average Bonchev–Trinajstić information content (AvgIpc) is 3.17. The molecule has 2 heterocycles. The van der Waals surface area contributed by atoms with E-state index in [0.29, 0.717) is 29.5 Å². The summed E-state index contributed by atoms with van der Waals surface area (Å²) in [6, 6.07) is 18.6. The third kappa shape index (κ3) is 5.15. The van der Waals surface area contributed by atoms with Crippen molar-refractivity contribution in [2.45, 2.75) is 0 Å². The van der Waals surface area contributed by atoms with Crippen LogP contribution in [0, 0.1) is 0 Å². The average molecular weight is 501 g/mol. The summed E-state index contributed by atoms with van der Waals surface area (Å²) in [5, 5.41) is 11.1. The quantitative estimate of drug-likeness (QED) is 0.350. The van der Waals surface area contributed by atoms with Crippen molar-refractivity contribution in [2.75, 3.05) is 25.0 Å². The Morgan fingerprint density at radius 3 is 2.68 bits per heavy atom. The van der Waals surface area contributed by atoms with E-state index < -0.39 is 0 Å². The Balaban J connectivity index is 1.40. The second kappa shape index (κ2) is 9.80. The van der Waals surface area contributed by atoms with Gasteiger partial charge in [0.1, 0.15) is 11.6 Å². The molecule has 4 aromatic rings. The Morgan fingerprint density at radius 2 is 1.87 bits per heavy atom. The number of ether oxygens (including phenoxy) is 1. The zero-order chi connectivity index (χ0) is 21.6. The highest BCUT2D eigenvalue weighted by atomic mass is 79.9. The Bertz CT molecular complexity index is 1200. The Labute approximate surface area is 192 Å². The molecule has 0 fully saturated rings. The maximum atomic E-state index is 12.0. The van der Waals surface area contributed by atoms with Gasteiger partial charge in [0.05, 0.1) is 16.4 Å². The molecule has 0 spiro atoms. The van der Waals surface area contributed by atoms with E-state index in [0.717, 1.165) is 21.5 Å². The number of anilines is 1. The summed E-state index contributed by atoms with van der Waals surface area (Å²) < 4.78 is 7.92. The van der Waals surface area contributed by atoms with Crippen LogP contribution in [0.2, 0.25) is 5.02 Å². The molecule has 0 saturated carbocycles. The number of hydrogen-bond donors (Lipinski definition) is 2. The molecule has 31 heavy (non-hydrogen) atoms. The van der Waals surface area contributed by atoms with Crippen LogP contribution in [0.15, 0.2) is 71.3 Å². The largest absolute Gasteiger partial charge is 0.484 e. The number of nitrogens with one attached hydrogen (secondary N) is 2. The first-order valence-corrected chi connectivity index (χ1v) is 10.8. The molecule has 158 valence electrons. The van der Waals surface area contributed by atoms with Crippen molar-refractivity contribution in [3.63, 3.8) is 0 Å². The molecule has 4 rings (SSSR count). The summed E-state index contributed by atoms with van der Waals surface area (Å²) >= 11 is 9.84. The van der Waals surface area contributed by atoms with E-state index in [1.165, 1.54) is 0 Å². The molecule has 0 atom stereocenters. The minimum absolute atomic E-state index is 0.0354. The highest BCUT2D eigenvalue weighted by Gasteiger charge is 2.13. The van der Waals surface area contributed by atoms with E-state index in [-0.39, 0.29) is 12.5 Å². The molecule has 0 saturated heterocycles. The van der Waals surface area contributed by atoms with Gasteiger partial charge in [0.15, 0.2) is 12.3 Å². The predicted molar refractivity (Wildman–Crippen MR) is 125 cm³/mol. The summed E-state index contributed by atoms with van der Waals surface area (Å²) in [6.45, 7) is 0.882. The van der Waals surface area contributed by atoms with Crippen molar-refractivity contribution < 1.29 is 9.53 Å². The Hall–Kier alpha value is -3.10. The van der Waals surface area contributed by atoms with Crippen molar-refractivity contribution in [2.24, 2.45) is 0 Å². The van der Waals surface area contributed by atoms with Gasteiger partial charge in [-0.15, -0.1) is 0 Å². The van der Waals surface area contributed by atoms with Gasteiger partial charge in [-0.05, 0) is 34.1 Å². The van der Waals surface area contributed by atoms with E-state index in [9.17, 15) is 4.79 Å². The minimum atomic E-state index is -0.191. The number of fused-ring (bicyclic) bond motifs is 1. The van der Waals surface area contributed by atoms with Crippen molar-refractivity contribution in [1.82, 2.24) is 19.9 Å². The monoisotopic (exact) mass is 499 g/mol. The zero-order valence-electron chi connectivity index (χ0n) is 16.4. The second-order valence-corrected chi connectivity index (χ2v) is 7.87. The first-order chi connectivity index (χ1) is 15.1. The van der Waals surface area contributed by atoms with Gasteiger partial charge in [0.25, 0.3) is 5.91 Å². The third-order valence-corrected chi connectivity index (χ3v) is 5.33. The number of aromatic nitrogens is 3. The van der Waals surface area contributed by atoms with Gasteiger partial charge in [0, 0.05) is 29.7 Å². The number of benzene rings is 2. The van der Waals surface area contributed by atoms with Crippen LogP contribution in [-0.2, 0) is 4.79 Å². The summed E-state index contributed by atoms with van der Waals surface area (Å²) in [4.78, 5) is 16.7. The molecular formula is C22H19BrClN5O2. The van der Waals surface area contributed by atoms with Crippen LogP contribution in [0.1, 0.15) is 0 Å². The number of para-hydroxylation sites is 1. The molecule has 2 aromatic carbocycles. The van der Waals surface area contributed by atoms with Crippen molar-refractivity contribution in [3.8, 4) is 17.0 Å². The van der Waals surface area contributed by atoms with Gasteiger partial charge >= 0.3 is 0 Å². The minimum Gasteiger partial charge on any atom is -0.484 e. The van der Waals surface area contributed by atoms with Crippen LogP contribution < -0.4 is 15.4 Å². The van der Waals surface area contributed by atoms with E-state index in [1.54, 1.807) is 10.7 Å². The maximum absolute atomic E-state index is 12.0. The fourth-order valence-corrected chi connectivity index (χ4v) is 3.56. The lowest BCUT2D eigenvalue weighted by Crippen LogP contribution is -2.32. The molecule has 0 aliphatic carbocycles. The molecule has 0 bridgehead atoms. The second-order valence-electron chi connectivity index (χ2n) is 6.61. The number of nitrogens with zero attached hydrogens (tertiary/aromatic N) is 3. The van der Waals surface area contributed by atoms with Gasteiger partial charge in [-0.1, -0.05) is 48.0 Å². The molecule has 1 amide bonds. The van der Waals surface area contributed by atoms with E-state index in [2.05, 4.69) is 36.6 Å². The highest BCUT2D eigenvalue weighted by Crippen LogP contribution is 2.30. The summed E-state index contributed by atoms with van der Waals surface area (Å²) in [5.41, 5.74) is 2.22. The van der Waals surface area contributed by atoms with Crippen LogP contribution in [0.25, 0.3) is 16.9 Å². The molecular weight excluding hydrogens is 482 g/mol. The molecule has 2 aromatic heterocycles. The summed E-state index contributed by atoms with van der Waals surface area (Å²) in [5.74, 6) is 1.20. The van der Waals surface area contributed by atoms with Crippen molar-refractivity contribution in [3.05, 3.63) is 76.4 Å². The molecule has 0 aliphatic rings. The van der Waals surface area contributed by atoms with Gasteiger partial charge in [0.2, 0.25) is 0 Å². The topological polar surface area (TPSA) is 80.5 Å². The normalized spacial score (nSPS) is 10.8. The third-order valence-electron chi connectivity index (χ3n) is 4.44. The van der Waals surface area contributed by atoms with Gasteiger partial charge in [-0.3, -0.25) is 4.79 Å². The summed E-state index contributed by atoms with van der Waals surface area (Å²) in [7, 11) is 0. The number of amides is 1. The van der Waals surface area contributed by atoms with Crippen LogP contribution in [-0.4, -0.2) is 40.2 Å². The lowest BCUT2D eigenvalue weighted by Gasteiger charge is -2.12. The molecule has 0 radical (unpaired) electrons. The number of carbonyl (C=O) groups excluding carboxylic acids is 1. The number of halogens is 2. The zero-order valence-corrected chi connectivity index (χ0v) is 18.7. The van der Waals surface area contributed by atoms with E-state index in [4.69, 9.17) is 16.3 Å². The van der Waals surface area contributed by atoms with Crippen molar-refractivity contribution >= 4 is 44.9 Å². The first-order valence-electron chi connectivity index (χ1n) is 9.59. The van der Waals surface area contributed by atoms with E-state index >= 15 is 0 Å². The van der Waals surface area contributed by atoms with Gasteiger partial charge in [-0.2, -0.15) is 9.61 Å².